The van der Waals surface area contributed by atoms with E-state index in [1.807, 2.05) is 94.1 Å². The average Bonchev–Trinajstić information content (AvgIpc) is 3.25. The topological polar surface area (TPSA) is 153 Å². The molecular weight excluding hydrogens is 817 g/mol. The van der Waals surface area contributed by atoms with Gasteiger partial charge in [-0.25, -0.2) is 4.79 Å². The van der Waals surface area contributed by atoms with Crippen molar-refractivity contribution in [3.8, 4) is 11.5 Å². The summed E-state index contributed by atoms with van der Waals surface area (Å²) in [7, 11) is 6.66. The molecule has 7 rings (SSSR count). The smallest absolute Gasteiger partial charge is 0.410 e. The first-order valence-corrected chi connectivity index (χ1v) is 21.6. The van der Waals surface area contributed by atoms with Crippen LogP contribution in [0.15, 0.2) is 76.3 Å². The Hall–Kier alpha value is -6.48. The molecule has 3 aromatic carbocycles. The zero-order valence-electron chi connectivity index (χ0n) is 38.4. The highest BCUT2D eigenvalue weighted by molar-refractivity contribution is 6.07. The summed E-state index contributed by atoms with van der Waals surface area (Å²) in [4.78, 5) is 81.6. The largest absolute Gasteiger partial charge is 0.486 e. The van der Waals surface area contributed by atoms with Crippen molar-refractivity contribution in [2.45, 2.75) is 78.7 Å². The maximum absolute atomic E-state index is 13.4. The number of rotatable bonds is 10. The molecule has 0 atom stereocenters. The van der Waals surface area contributed by atoms with Crippen molar-refractivity contribution in [3.63, 3.8) is 0 Å². The number of carbonyl (C=O) groups is 4. The van der Waals surface area contributed by atoms with Crippen molar-refractivity contribution in [1.82, 2.24) is 28.7 Å². The maximum Gasteiger partial charge on any atom is 0.410 e. The van der Waals surface area contributed by atoms with Crippen LogP contribution in [0.4, 0.5) is 4.79 Å². The Labute approximate surface area is 373 Å². The van der Waals surface area contributed by atoms with Crippen LogP contribution in [0.1, 0.15) is 71.0 Å². The quantitative estimate of drug-likeness (QED) is 0.155. The van der Waals surface area contributed by atoms with Crippen LogP contribution in [-0.4, -0.2) is 126 Å². The summed E-state index contributed by atoms with van der Waals surface area (Å²) in [5.74, 6) is 1.01. The molecule has 0 bridgehead atoms. The van der Waals surface area contributed by atoms with Gasteiger partial charge in [-0.3, -0.25) is 19.2 Å². The van der Waals surface area contributed by atoms with E-state index in [1.54, 1.807) is 32.8 Å². The first-order chi connectivity index (χ1) is 30.3. The van der Waals surface area contributed by atoms with E-state index < -0.39 is 5.60 Å². The van der Waals surface area contributed by atoms with Crippen molar-refractivity contribution in [1.29, 1.82) is 0 Å². The summed E-state index contributed by atoms with van der Waals surface area (Å²) in [6.45, 7) is 13.7. The molecule has 0 radical (unpaired) electrons. The fourth-order valence-corrected chi connectivity index (χ4v) is 8.05. The van der Waals surface area contributed by atoms with Gasteiger partial charge in [0.05, 0.1) is 28.7 Å². The van der Waals surface area contributed by atoms with Crippen molar-refractivity contribution < 1.29 is 33.4 Å². The van der Waals surface area contributed by atoms with Gasteiger partial charge in [0.15, 0.2) is 11.5 Å². The summed E-state index contributed by atoms with van der Waals surface area (Å²) in [6.07, 6.45) is 1.92. The summed E-state index contributed by atoms with van der Waals surface area (Å²) in [6, 6.07) is 20.0. The van der Waals surface area contributed by atoms with E-state index >= 15 is 0 Å². The van der Waals surface area contributed by atoms with Gasteiger partial charge in [0.1, 0.15) is 25.1 Å². The highest BCUT2D eigenvalue weighted by Gasteiger charge is 2.32. The molecule has 4 heterocycles. The monoisotopic (exact) mass is 876 g/mol. The standard InChI is InChI=1S/C34H44N4O6.C15H16N2O3/c1-23-7-9-26-27(32(40)35(5)6)21-31(39)37(28(26)19-23)16-15-36-13-11-25(12-14-36)38(33(41)44-34(2,3)4)22-24-8-10-29-30(20-24)43-18-17-42-29;1-10-4-5-11-12(15(20)16(2)3)9-14(19)17(6-7-18)13(11)8-10/h7-10,19-21,25H,11-18,22H2,1-6H3;4-5,7-9H,6H2,1-3H3. The predicted octanol–water partition coefficient (Wildman–Crippen LogP) is 5.90. The van der Waals surface area contributed by atoms with Gasteiger partial charge < -0.3 is 47.7 Å². The maximum atomic E-state index is 13.4. The number of piperidine rings is 1. The van der Waals surface area contributed by atoms with Gasteiger partial charge in [-0.15, -0.1) is 0 Å². The average molecular weight is 877 g/mol. The number of aryl methyl sites for hydroxylation is 2. The van der Waals surface area contributed by atoms with Crippen LogP contribution >= 0.6 is 0 Å². The number of aromatic nitrogens is 2. The Balaban J connectivity index is 0.000000284. The van der Waals surface area contributed by atoms with E-state index in [4.69, 9.17) is 14.2 Å². The Kier molecular flexibility index (Phi) is 14.6. The molecule has 0 unspecified atom stereocenters. The summed E-state index contributed by atoms with van der Waals surface area (Å²) >= 11 is 0. The molecule has 0 N–H and O–H groups in total. The van der Waals surface area contributed by atoms with Gasteiger partial charge in [-0.2, -0.15) is 0 Å². The van der Waals surface area contributed by atoms with Crippen LogP contribution in [0, 0.1) is 13.8 Å². The highest BCUT2D eigenvalue weighted by atomic mass is 16.6. The molecule has 340 valence electrons. The predicted molar refractivity (Wildman–Crippen MR) is 247 cm³/mol. The lowest BCUT2D eigenvalue weighted by molar-refractivity contribution is -0.108. The summed E-state index contributed by atoms with van der Waals surface area (Å²) in [5, 5.41) is 1.45. The minimum atomic E-state index is -0.607. The molecule has 2 aliphatic heterocycles. The molecule has 0 saturated carbocycles. The van der Waals surface area contributed by atoms with E-state index in [1.165, 1.54) is 26.5 Å². The lowest BCUT2D eigenvalue weighted by Crippen LogP contribution is -2.49. The fraction of sp³-hybridized carbons (Fsp3) is 0.429. The van der Waals surface area contributed by atoms with Crippen LogP contribution in [0.5, 0.6) is 11.5 Å². The number of nitrogens with zero attached hydrogens (tertiary/aromatic N) is 6. The van der Waals surface area contributed by atoms with Crippen LogP contribution in [0.3, 0.4) is 0 Å². The van der Waals surface area contributed by atoms with E-state index in [0.717, 1.165) is 59.3 Å². The summed E-state index contributed by atoms with van der Waals surface area (Å²) < 4.78 is 20.4. The molecule has 15 nitrogen and oxygen atoms in total. The SMILES string of the molecule is Cc1ccc2c(C(=O)N(C)C)cc(=O)n(CC=O)c2c1.Cc1ccc2c(C(=O)N(C)C)cc(=O)n(CCN3CCC(N(Cc4ccc5c(c4)OCCO5)C(=O)OC(C)(C)C)CC3)c2c1. The Morgan fingerprint density at radius 3 is 1.78 bits per heavy atom. The van der Waals surface area contributed by atoms with Crippen molar-refractivity contribution in [2.75, 3.05) is 61.0 Å². The Bertz CT molecular complexity index is 2670. The van der Waals surface area contributed by atoms with Crippen molar-refractivity contribution >= 4 is 46.0 Å². The van der Waals surface area contributed by atoms with Crippen LogP contribution < -0.4 is 20.6 Å². The molecule has 0 aliphatic carbocycles. The molecule has 2 aromatic heterocycles. The molecule has 15 heteroatoms. The Morgan fingerprint density at radius 1 is 0.719 bits per heavy atom. The second kappa shape index (κ2) is 19.9. The van der Waals surface area contributed by atoms with Gasteiger partial charge in [-0.1, -0.05) is 30.3 Å². The Morgan fingerprint density at radius 2 is 1.25 bits per heavy atom. The lowest BCUT2D eigenvalue weighted by atomic mass is 10.0. The molecule has 64 heavy (non-hydrogen) atoms. The molecular formula is C49H60N6O9. The number of ether oxygens (including phenoxy) is 3. The molecule has 3 amide bonds. The first-order valence-electron chi connectivity index (χ1n) is 21.6. The van der Waals surface area contributed by atoms with E-state index in [2.05, 4.69) is 4.90 Å². The fourth-order valence-electron chi connectivity index (χ4n) is 8.05. The van der Waals surface area contributed by atoms with E-state index in [9.17, 15) is 28.8 Å². The van der Waals surface area contributed by atoms with Gasteiger partial charge >= 0.3 is 6.09 Å². The number of fused-ring (bicyclic) bond motifs is 3. The number of hydrogen-bond acceptors (Lipinski definition) is 10. The van der Waals surface area contributed by atoms with Crippen LogP contribution in [0.25, 0.3) is 21.8 Å². The molecule has 1 fully saturated rings. The third-order valence-corrected chi connectivity index (χ3v) is 11.3. The molecule has 5 aromatic rings. The highest BCUT2D eigenvalue weighted by Crippen LogP contribution is 2.32. The van der Waals surface area contributed by atoms with Crippen LogP contribution in [0.2, 0.25) is 0 Å². The second-order valence-corrected chi connectivity index (χ2v) is 17.8. The van der Waals surface area contributed by atoms with Gasteiger partial charge in [0, 0.05) is 89.9 Å². The molecule has 0 spiro atoms. The van der Waals surface area contributed by atoms with Crippen molar-refractivity contribution in [3.05, 3.63) is 115 Å². The summed E-state index contributed by atoms with van der Waals surface area (Å²) in [5.41, 5.74) is 3.98. The first kappa shape index (κ1) is 47.0. The number of hydrogen-bond donors (Lipinski definition) is 0. The number of pyridine rings is 2. The normalized spacial score (nSPS) is 14.1. The number of amides is 3. The third-order valence-electron chi connectivity index (χ3n) is 11.3. The van der Waals surface area contributed by atoms with Crippen molar-refractivity contribution in [2.24, 2.45) is 0 Å². The second-order valence-electron chi connectivity index (χ2n) is 17.8. The van der Waals surface area contributed by atoms with Gasteiger partial charge in [-0.05, 0) is 88.4 Å². The lowest BCUT2D eigenvalue weighted by Gasteiger charge is -2.39. The molecule has 1 saturated heterocycles. The zero-order valence-corrected chi connectivity index (χ0v) is 38.4. The van der Waals surface area contributed by atoms with E-state index in [-0.39, 0.29) is 41.6 Å². The number of benzene rings is 3. The minimum Gasteiger partial charge on any atom is -0.486 e. The number of likely N-dealkylation sites (tertiary alicyclic amines) is 1. The molecule has 2 aliphatic rings. The van der Waals surface area contributed by atoms with E-state index in [0.29, 0.717) is 66.9 Å². The number of aldehydes is 1. The minimum absolute atomic E-state index is 0.0110. The van der Waals surface area contributed by atoms with Gasteiger partial charge in [0.25, 0.3) is 22.9 Å². The zero-order chi connectivity index (χ0) is 46.5. The third kappa shape index (κ3) is 11.0. The van der Waals surface area contributed by atoms with Crippen LogP contribution in [-0.2, 0) is 29.2 Å². The number of carbonyl (C=O) groups excluding carboxylic acids is 4. The van der Waals surface area contributed by atoms with Gasteiger partial charge in [0.2, 0.25) is 0 Å².